The Labute approximate surface area is 201 Å². The van der Waals surface area contributed by atoms with Crippen LogP contribution < -0.4 is 10.2 Å². The lowest BCUT2D eigenvalue weighted by Crippen LogP contribution is -2.39. The second-order valence-corrected chi connectivity index (χ2v) is 9.18. The molecule has 1 aromatic heterocycles. The molecule has 0 bridgehead atoms. The predicted molar refractivity (Wildman–Crippen MR) is 124 cm³/mol. The molecular formula is C24H26ClF3N4O2. The van der Waals surface area contributed by atoms with Crippen LogP contribution in [0.4, 0.5) is 24.7 Å². The van der Waals surface area contributed by atoms with E-state index < -0.39 is 11.7 Å². The van der Waals surface area contributed by atoms with E-state index in [4.69, 9.17) is 11.6 Å². The van der Waals surface area contributed by atoms with E-state index >= 15 is 0 Å². The van der Waals surface area contributed by atoms with Gasteiger partial charge in [0, 0.05) is 38.3 Å². The van der Waals surface area contributed by atoms with Crippen LogP contribution in [0.5, 0.6) is 0 Å². The van der Waals surface area contributed by atoms with Crippen molar-refractivity contribution in [3.05, 3.63) is 52.2 Å². The Balaban J connectivity index is 1.42. The summed E-state index contributed by atoms with van der Waals surface area (Å²) in [5, 5.41) is 2.90. The number of anilines is 2. The van der Waals surface area contributed by atoms with E-state index in [-0.39, 0.29) is 28.6 Å². The van der Waals surface area contributed by atoms with E-state index in [0.717, 1.165) is 43.8 Å². The van der Waals surface area contributed by atoms with Crippen molar-refractivity contribution < 1.29 is 22.8 Å². The lowest BCUT2D eigenvalue weighted by molar-refractivity contribution is -0.137. The van der Waals surface area contributed by atoms with Crippen LogP contribution in [0.1, 0.15) is 47.2 Å². The summed E-state index contributed by atoms with van der Waals surface area (Å²) in [5.41, 5.74) is 0.956. The zero-order valence-electron chi connectivity index (χ0n) is 18.8. The molecule has 10 heteroatoms. The van der Waals surface area contributed by atoms with Crippen molar-refractivity contribution in [3.63, 3.8) is 0 Å². The van der Waals surface area contributed by atoms with Crippen molar-refractivity contribution in [2.24, 2.45) is 5.92 Å². The van der Waals surface area contributed by atoms with Crippen molar-refractivity contribution in [3.8, 4) is 0 Å². The number of alkyl halides is 3. The van der Waals surface area contributed by atoms with Crippen LogP contribution in [0.3, 0.4) is 0 Å². The molecule has 0 atom stereocenters. The number of halogens is 4. The molecule has 0 spiro atoms. The number of amides is 2. The third kappa shape index (κ3) is 5.14. The first-order chi connectivity index (χ1) is 16.1. The van der Waals surface area contributed by atoms with Crippen LogP contribution in [-0.4, -0.2) is 47.9 Å². The van der Waals surface area contributed by atoms with Gasteiger partial charge in [-0.25, -0.2) is 4.98 Å². The molecule has 6 nitrogen and oxygen atoms in total. The van der Waals surface area contributed by atoms with Crippen LogP contribution >= 0.6 is 11.6 Å². The Hall–Kier alpha value is -2.81. The molecule has 182 valence electrons. The Morgan fingerprint density at radius 3 is 2.41 bits per heavy atom. The number of piperidine rings is 1. The molecule has 4 rings (SSSR count). The molecule has 2 aliphatic rings. The Morgan fingerprint density at radius 2 is 1.79 bits per heavy atom. The minimum absolute atomic E-state index is 0.0669. The second-order valence-electron chi connectivity index (χ2n) is 8.77. The molecule has 1 aromatic carbocycles. The van der Waals surface area contributed by atoms with Gasteiger partial charge in [0.2, 0.25) is 5.91 Å². The van der Waals surface area contributed by atoms with Gasteiger partial charge in [-0.3, -0.25) is 9.59 Å². The third-order valence-corrected chi connectivity index (χ3v) is 6.74. The summed E-state index contributed by atoms with van der Waals surface area (Å²) in [6, 6.07) is 6.29. The fourth-order valence-electron chi connectivity index (χ4n) is 4.50. The normalized spacial score (nSPS) is 17.2. The highest BCUT2D eigenvalue weighted by atomic mass is 35.5. The van der Waals surface area contributed by atoms with E-state index in [1.165, 1.54) is 0 Å². The van der Waals surface area contributed by atoms with Crippen LogP contribution in [0.2, 0.25) is 5.02 Å². The number of hydrogen-bond acceptors (Lipinski definition) is 4. The zero-order chi connectivity index (χ0) is 24.5. The highest BCUT2D eigenvalue weighted by molar-refractivity contribution is 6.33. The van der Waals surface area contributed by atoms with Gasteiger partial charge >= 0.3 is 6.18 Å². The lowest BCUT2D eigenvalue weighted by atomic mass is 9.95. The van der Waals surface area contributed by atoms with E-state index in [0.29, 0.717) is 37.2 Å². The molecule has 2 aliphatic heterocycles. The van der Waals surface area contributed by atoms with E-state index in [1.54, 1.807) is 11.0 Å². The standard InChI is InChI=1S/C24H26ClF3N4O2/c1-15-5-4-6-18(23(34)32-9-2-3-10-32)20(15)30-22(33)16-7-11-31(12-8-16)21-19(25)13-17(14-29-21)24(26,27)28/h4-6,13-14,16H,2-3,7-12H2,1H3,(H,30,33). The summed E-state index contributed by atoms with van der Waals surface area (Å²) in [6.07, 6.45) is -0.786. The maximum Gasteiger partial charge on any atom is 0.417 e. The summed E-state index contributed by atoms with van der Waals surface area (Å²) >= 11 is 6.07. The van der Waals surface area contributed by atoms with Crippen molar-refractivity contribution in [2.45, 2.75) is 38.8 Å². The molecule has 2 fully saturated rings. The summed E-state index contributed by atoms with van der Waals surface area (Å²) in [5.74, 6) is -0.255. The lowest BCUT2D eigenvalue weighted by Gasteiger charge is -2.33. The van der Waals surface area contributed by atoms with Gasteiger partial charge in [0.05, 0.1) is 21.8 Å². The van der Waals surface area contributed by atoms with Gasteiger partial charge in [-0.15, -0.1) is 0 Å². The fourth-order valence-corrected chi connectivity index (χ4v) is 4.79. The maximum absolute atomic E-state index is 13.1. The van der Waals surface area contributed by atoms with Gasteiger partial charge in [-0.2, -0.15) is 13.2 Å². The van der Waals surface area contributed by atoms with Crippen molar-refractivity contribution in [1.82, 2.24) is 9.88 Å². The minimum Gasteiger partial charge on any atom is -0.355 e. The first-order valence-corrected chi connectivity index (χ1v) is 11.7. The topological polar surface area (TPSA) is 65.5 Å². The van der Waals surface area contributed by atoms with Crippen molar-refractivity contribution in [1.29, 1.82) is 0 Å². The SMILES string of the molecule is Cc1cccc(C(=O)N2CCCC2)c1NC(=O)C1CCN(c2ncc(C(F)(F)F)cc2Cl)CC1. The van der Waals surface area contributed by atoms with Crippen molar-refractivity contribution >= 4 is 34.9 Å². The Bertz CT molecular complexity index is 1080. The summed E-state index contributed by atoms with van der Waals surface area (Å²) in [6.45, 7) is 4.17. The summed E-state index contributed by atoms with van der Waals surface area (Å²) in [7, 11) is 0. The van der Waals surface area contributed by atoms with Gasteiger partial charge in [0.25, 0.3) is 5.91 Å². The molecule has 0 unspecified atom stereocenters. The van der Waals surface area contributed by atoms with Crippen LogP contribution in [-0.2, 0) is 11.0 Å². The molecule has 0 saturated carbocycles. The molecule has 3 heterocycles. The average Bonchev–Trinajstić information content (AvgIpc) is 3.34. The summed E-state index contributed by atoms with van der Waals surface area (Å²) in [4.78, 5) is 33.6. The smallest absolute Gasteiger partial charge is 0.355 e. The number of aromatic nitrogens is 1. The number of nitrogens with zero attached hydrogens (tertiary/aromatic N) is 3. The van der Waals surface area contributed by atoms with E-state index in [2.05, 4.69) is 10.3 Å². The van der Waals surface area contributed by atoms with E-state index in [1.807, 2.05) is 24.0 Å². The second kappa shape index (κ2) is 9.82. The predicted octanol–water partition coefficient (Wildman–Crippen LogP) is 5.15. The number of rotatable bonds is 4. The zero-order valence-corrected chi connectivity index (χ0v) is 19.5. The number of para-hydroxylation sites is 1. The number of carbonyl (C=O) groups is 2. The van der Waals surface area contributed by atoms with Crippen LogP contribution in [0.15, 0.2) is 30.5 Å². The third-order valence-electron chi connectivity index (χ3n) is 6.46. The summed E-state index contributed by atoms with van der Waals surface area (Å²) < 4.78 is 38.6. The fraction of sp³-hybridized carbons (Fsp3) is 0.458. The monoisotopic (exact) mass is 494 g/mol. The molecular weight excluding hydrogens is 469 g/mol. The highest BCUT2D eigenvalue weighted by Gasteiger charge is 2.33. The van der Waals surface area contributed by atoms with Gasteiger partial charge in [-0.1, -0.05) is 23.7 Å². The average molecular weight is 495 g/mol. The van der Waals surface area contributed by atoms with Crippen molar-refractivity contribution in [2.75, 3.05) is 36.4 Å². The minimum atomic E-state index is -4.51. The molecule has 2 aromatic rings. The molecule has 1 N–H and O–H groups in total. The van der Waals surface area contributed by atoms with Gasteiger partial charge in [-0.05, 0) is 50.3 Å². The van der Waals surface area contributed by atoms with Crippen LogP contribution in [0.25, 0.3) is 0 Å². The van der Waals surface area contributed by atoms with E-state index in [9.17, 15) is 22.8 Å². The molecule has 0 radical (unpaired) electrons. The van der Waals surface area contributed by atoms with Gasteiger partial charge in [0.1, 0.15) is 5.82 Å². The number of benzene rings is 1. The Morgan fingerprint density at radius 1 is 1.12 bits per heavy atom. The first kappa shape index (κ1) is 24.3. The van der Waals surface area contributed by atoms with Gasteiger partial charge in [0.15, 0.2) is 0 Å². The number of aryl methyl sites for hydroxylation is 1. The largest absolute Gasteiger partial charge is 0.417 e. The molecule has 34 heavy (non-hydrogen) atoms. The Kier molecular flexibility index (Phi) is 7.02. The number of nitrogens with one attached hydrogen (secondary N) is 1. The quantitative estimate of drug-likeness (QED) is 0.638. The molecule has 2 saturated heterocycles. The first-order valence-electron chi connectivity index (χ1n) is 11.3. The number of pyridine rings is 1. The molecule has 2 amide bonds. The molecule has 0 aliphatic carbocycles. The van der Waals surface area contributed by atoms with Gasteiger partial charge < -0.3 is 15.1 Å². The van der Waals surface area contributed by atoms with Crippen LogP contribution in [0, 0.1) is 12.8 Å². The number of carbonyl (C=O) groups excluding carboxylic acids is 2. The highest BCUT2D eigenvalue weighted by Crippen LogP contribution is 2.35. The number of hydrogen-bond donors (Lipinski definition) is 1. The number of likely N-dealkylation sites (tertiary alicyclic amines) is 1. The maximum atomic E-state index is 13.1.